The van der Waals surface area contributed by atoms with Gasteiger partial charge >= 0.3 is 0 Å². The van der Waals surface area contributed by atoms with Crippen molar-refractivity contribution in [2.45, 2.75) is 25.7 Å². The summed E-state index contributed by atoms with van der Waals surface area (Å²) in [5.74, 6) is 1.01. The smallest absolute Gasteiger partial charge is 0.225 e. The Kier molecular flexibility index (Phi) is 10.5. The van der Waals surface area contributed by atoms with Gasteiger partial charge in [0.2, 0.25) is 5.91 Å². The van der Waals surface area contributed by atoms with Crippen molar-refractivity contribution in [2.75, 3.05) is 62.6 Å². The largest absolute Gasteiger partial charge is 0.369 e. The Hall–Kier alpha value is -2.33. The molecule has 7 nitrogen and oxygen atoms in total. The van der Waals surface area contributed by atoms with Crippen molar-refractivity contribution in [3.8, 4) is 0 Å². The summed E-state index contributed by atoms with van der Waals surface area (Å²) in [5.41, 5.74) is 3.41. The molecule has 2 aromatic carbocycles. The van der Waals surface area contributed by atoms with Gasteiger partial charge in [-0.1, -0.05) is 36.4 Å². The zero-order chi connectivity index (χ0) is 22.9. The summed E-state index contributed by atoms with van der Waals surface area (Å²) in [5, 5.41) is 9.77. The highest BCUT2D eigenvalue weighted by molar-refractivity contribution is 14.0. The molecule has 1 atom stereocenters. The summed E-state index contributed by atoms with van der Waals surface area (Å²) in [6, 6.07) is 18.7. The number of hydrogen-bond acceptors (Lipinski definition) is 4. The molecule has 3 N–H and O–H groups in total. The molecule has 1 unspecified atom stereocenters. The second-order valence-corrected chi connectivity index (χ2v) is 8.70. The molecule has 0 aliphatic carbocycles. The maximum atomic E-state index is 12.1. The average molecular weight is 577 g/mol. The number of rotatable bonds is 8. The van der Waals surface area contributed by atoms with Crippen molar-refractivity contribution < 1.29 is 4.79 Å². The molecule has 4 rings (SSSR count). The number of nitrogens with one attached hydrogen (secondary N) is 3. The molecule has 2 aliphatic heterocycles. The first kappa shape index (κ1) is 26.3. The Morgan fingerprint density at radius 2 is 1.76 bits per heavy atom. The normalized spacial score (nSPS) is 18.5. The number of fused-ring (bicyclic) bond motifs is 1. The van der Waals surface area contributed by atoms with Crippen LogP contribution in [0.15, 0.2) is 59.6 Å². The standard InChI is InChI=1S/C26H36N6O.HI/c1-2-27-26(29-20-21-19-25(33)30-24-12-7-6-11-23(21)24)28-13-8-14-31-15-17-32(18-16-31)22-9-4-3-5-10-22;/h3-7,9-12,21H,2,8,13-20H2,1H3,(H,30,33)(H2,27,28,29);1H. The number of anilines is 2. The lowest BCUT2D eigenvalue weighted by Gasteiger charge is -2.36. The summed E-state index contributed by atoms with van der Waals surface area (Å²) in [6.45, 7) is 9.83. The molecule has 0 spiro atoms. The van der Waals surface area contributed by atoms with Gasteiger partial charge in [0, 0.05) is 63.0 Å². The van der Waals surface area contributed by atoms with E-state index in [4.69, 9.17) is 4.99 Å². The highest BCUT2D eigenvalue weighted by Crippen LogP contribution is 2.31. The van der Waals surface area contributed by atoms with Gasteiger partial charge in [0.1, 0.15) is 0 Å². The Bertz CT molecular complexity index is 930. The van der Waals surface area contributed by atoms with E-state index in [2.05, 4.69) is 69.1 Å². The third-order valence-electron chi connectivity index (χ3n) is 6.36. The lowest BCUT2D eigenvalue weighted by Crippen LogP contribution is -2.47. The Morgan fingerprint density at radius 3 is 2.53 bits per heavy atom. The van der Waals surface area contributed by atoms with E-state index in [1.165, 1.54) is 11.3 Å². The van der Waals surface area contributed by atoms with Crippen molar-refractivity contribution >= 4 is 47.2 Å². The van der Waals surface area contributed by atoms with Crippen molar-refractivity contribution in [3.05, 3.63) is 60.2 Å². The number of nitrogens with zero attached hydrogens (tertiary/aromatic N) is 3. The SMILES string of the molecule is CCNC(=NCC1CC(=O)Nc2ccccc21)NCCCN1CCN(c2ccccc2)CC1.I. The molecule has 0 bridgehead atoms. The summed E-state index contributed by atoms with van der Waals surface area (Å²) >= 11 is 0. The van der Waals surface area contributed by atoms with Crippen LogP contribution in [0.3, 0.4) is 0 Å². The monoisotopic (exact) mass is 576 g/mol. The van der Waals surface area contributed by atoms with Crippen LogP contribution in [-0.4, -0.2) is 69.1 Å². The molecular weight excluding hydrogens is 539 g/mol. The lowest BCUT2D eigenvalue weighted by molar-refractivity contribution is -0.116. The van der Waals surface area contributed by atoms with Crippen LogP contribution in [0, 0.1) is 0 Å². The predicted octanol–water partition coefficient (Wildman–Crippen LogP) is 3.50. The number of aliphatic imine (C=N–C) groups is 1. The Labute approximate surface area is 220 Å². The van der Waals surface area contributed by atoms with Crippen LogP contribution in [0.25, 0.3) is 0 Å². The van der Waals surface area contributed by atoms with Crippen LogP contribution >= 0.6 is 24.0 Å². The molecule has 2 aliphatic rings. The Balaban J connectivity index is 0.00000324. The number of guanidine groups is 1. The molecule has 1 fully saturated rings. The molecule has 2 heterocycles. The number of amides is 1. The van der Waals surface area contributed by atoms with Crippen LogP contribution in [0.1, 0.15) is 31.2 Å². The zero-order valence-electron chi connectivity index (χ0n) is 20.0. The fraction of sp³-hybridized carbons (Fsp3) is 0.462. The fourth-order valence-electron chi connectivity index (χ4n) is 4.59. The third-order valence-corrected chi connectivity index (χ3v) is 6.36. The molecule has 0 radical (unpaired) electrons. The number of benzene rings is 2. The topological polar surface area (TPSA) is 72.0 Å². The third kappa shape index (κ3) is 7.33. The van der Waals surface area contributed by atoms with Crippen molar-refractivity contribution in [3.63, 3.8) is 0 Å². The van der Waals surface area contributed by atoms with Gasteiger partial charge in [-0.25, -0.2) is 0 Å². The van der Waals surface area contributed by atoms with Gasteiger partial charge in [0.25, 0.3) is 0 Å². The van der Waals surface area contributed by atoms with E-state index in [-0.39, 0.29) is 35.8 Å². The number of carbonyl (C=O) groups is 1. The minimum Gasteiger partial charge on any atom is -0.369 e. The van der Waals surface area contributed by atoms with Crippen LogP contribution in [0.4, 0.5) is 11.4 Å². The predicted molar refractivity (Wildman–Crippen MR) is 152 cm³/mol. The maximum Gasteiger partial charge on any atom is 0.225 e. The van der Waals surface area contributed by atoms with E-state index in [1.807, 2.05) is 18.2 Å². The average Bonchev–Trinajstić information content (AvgIpc) is 2.85. The first-order valence-electron chi connectivity index (χ1n) is 12.2. The molecular formula is C26H37IN6O. The zero-order valence-corrected chi connectivity index (χ0v) is 22.3. The minimum absolute atomic E-state index is 0. The quantitative estimate of drug-likeness (QED) is 0.194. The molecule has 2 aromatic rings. The van der Waals surface area contributed by atoms with E-state index < -0.39 is 0 Å². The molecule has 0 aromatic heterocycles. The van der Waals surface area contributed by atoms with Crippen LogP contribution < -0.4 is 20.9 Å². The van der Waals surface area contributed by atoms with E-state index >= 15 is 0 Å². The summed E-state index contributed by atoms with van der Waals surface area (Å²) in [4.78, 5) is 21.9. The van der Waals surface area contributed by atoms with E-state index in [0.717, 1.165) is 63.9 Å². The van der Waals surface area contributed by atoms with Gasteiger partial charge in [-0.2, -0.15) is 0 Å². The molecule has 184 valence electrons. The van der Waals surface area contributed by atoms with E-state index in [0.29, 0.717) is 13.0 Å². The number of hydrogen-bond donors (Lipinski definition) is 3. The highest BCUT2D eigenvalue weighted by Gasteiger charge is 2.24. The molecule has 8 heteroatoms. The Morgan fingerprint density at radius 1 is 1.03 bits per heavy atom. The molecule has 1 saturated heterocycles. The second kappa shape index (κ2) is 13.5. The fourth-order valence-corrected chi connectivity index (χ4v) is 4.59. The van der Waals surface area contributed by atoms with Gasteiger partial charge in [-0.05, 0) is 43.7 Å². The van der Waals surface area contributed by atoms with Gasteiger partial charge in [-0.3, -0.25) is 14.7 Å². The van der Waals surface area contributed by atoms with Gasteiger partial charge in [0.05, 0.1) is 6.54 Å². The van der Waals surface area contributed by atoms with Crippen molar-refractivity contribution in [1.29, 1.82) is 0 Å². The lowest BCUT2D eigenvalue weighted by atomic mass is 9.91. The highest BCUT2D eigenvalue weighted by atomic mass is 127. The van der Waals surface area contributed by atoms with Crippen molar-refractivity contribution in [2.24, 2.45) is 4.99 Å². The molecule has 1 amide bonds. The van der Waals surface area contributed by atoms with Crippen LogP contribution in [0.2, 0.25) is 0 Å². The molecule has 0 saturated carbocycles. The van der Waals surface area contributed by atoms with Gasteiger partial charge in [0.15, 0.2) is 5.96 Å². The van der Waals surface area contributed by atoms with E-state index in [9.17, 15) is 4.79 Å². The summed E-state index contributed by atoms with van der Waals surface area (Å²) < 4.78 is 0. The number of carbonyl (C=O) groups excluding carboxylic acids is 1. The van der Waals surface area contributed by atoms with Crippen molar-refractivity contribution in [1.82, 2.24) is 15.5 Å². The number of halogens is 1. The first-order chi connectivity index (χ1) is 16.2. The van der Waals surface area contributed by atoms with Crippen LogP contribution in [-0.2, 0) is 4.79 Å². The first-order valence-corrected chi connectivity index (χ1v) is 12.2. The van der Waals surface area contributed by atoms with Crippen LogP contribution in [0.5, 0.6) is 0 Å². The van der Waals surface area contributed by atoms with E-state index in [1.54, 1.807) is 0 Å². The molecule has 34 heavy (non-hydrogen) atoms. The summed E-state index contributed by atoms with van der Waals surface area (Å²) in [7, 11) is 0. The number of para-hydroxylation sites is 2. The van der Waals surface area contributed by atoms with Gasteiger partial charge < -0.3 is 20.9 Å². The maximum absolute atomic E-state index is 12.1. The summed E-state index contributed by atoms with van der Waals surface area (Å²) in [6.07, 6.45) is 1.55. The van der Waals surface area contributed by atoms with Gasteiger partial charge in [-0.15, -0.1) is 24.0 Å². The second-order valence-electron chi connectivity index (χ2n) is 8.70. The number of piperazine rings is 1. The minimum atomic E-state index is 0.